The van der Waals surface area contributed by atoms with Crippen molar-refractivity contribution in [2.45, 2.75) is 31.3 Å². The predicted molar refractivity (Wildman–Crippen MR) is 120 cm³/mol. The van der Waals surface area contributed by atoms with E-state index in [0.29, 0.717) is 49.1 Å². The Balaban J connectivity index is 1.50. The highest BCUT2D eigenvalue weighted by atomic mass is 32.1. The minimum atomic E-state index is -0.250. The van der Waals surface area contributed by atoms with Crippen LogP contribution in [0.1, 0.15) is 40.1 Å². The molecular formula is C23H30N2O5S. The number of nitrogens with two attached hydrogens (primary N) is 1. The Labute approximate surface area is 187 Å². The largest absolute Gasteiger partial charge is 0.493 e. The lowest BCUT2D eigenvalue weighted by Gasteiger charge is -2.44. The van der Waals surface area contributed by atoms with Crippen LogP contribution in [0.25, 0.3) is 0 Å². The lowest BCUT2D eigenvalue weighted by atomic mass is 9.82. The number of hydrogen-bond donors (Lipinski definition) is 1. The molecule has 7 nitrogen and oxygen atoms in total. The maximum absolute atomic E-state index is 13.3. The number of carbonyl (C=O) groups excluding carboxylic acids is 1. The van der Waals surface area contributed by atoms with Gasteiger partial charge in [-0.2, -0.15) is 0 Å². The number of piperidine rings is 1. The molecule has 0 radical (unpaired) electrons. The normalized spacial score (nSPS) is 17.3. The van der Waals surface area contributed by atoms with E-state index in [1.54, 1.807) is 37.7 Å². The molecule has 3 heterocycles. The van der Waals surface area contributed by atoms with E-state index in [1.807, 2.05) is 4.90 Å². The van der Waals surface area contributed by atoms with Gasteiger partial charge in [0, 0.05) is 30.0 Å². The molecule has 31 heavy (non-hydrogen) atoms. The molecule has 168 valence electrons. The van der Waals surface area contributed by atoms with Crippen molar-refractivity contribution in [1.82, 2.24) is 4.90 Å². The van der Waals surface area contributed by atoms with Gasteiger partial charge in [0.1, 0.15) is 0 Å². The first-order valence-corrected chi connectivity index (χ1v) is 11.6. The minimum absolute atomic E-state index is 0.0405. The molecule has 1 aromatic carbocycles. The molecule has 0 bridgehead atoms. The second kappa shape index (κ2) is 9.46. The van der Waals surface area contributed by atoms with Crippen molar-refractivity contribution in [1.29, 1.82) is 0 Å². The van der Waals surface area contributed by atoms with Crippen LogP contribution in [0.4, 0.5) is 0 Å². The van der Waals surface area contributed by atoms with Gasteiger partial charge in [-0.1, -0.05) is 0 Å². The highest BCUT2D eigenvalue weighted by Crippen LogP contribution is 2.44. The molecule has 2 aliphatic rings. The predicted octanol–water partition coefficient (Wildman–Crippen LogP) is 3.20. The molecule has 1 amide bonds. The Morgan fingerprint density at radius 2 is 1.94 bits per heavy atom. The minimum Gasteiger partial charge on any atom is -0.493 e. The lowest BCUT2D eigenvalue weighted by Crippen LogP contribution is -2.48. The van der Waals surface area contributed by atoms with Crippen LogP contribution in [0.5, 0.6) is 17.2 Å². The summed E-state index contributed by atoms with van der Waals surface area (Å²) in [6.07, 6.45) is 3.31. The summed E-state index contributed by atoms with van der Waals surface area (Å²) in [5.74, 6) is 1.41. The molecule has 2 N–H and O–H groups in total. The molecule has 0 saturated carbocycles. The SMILES string of the molecule is COc1cc(C(=O)N2CCC3(CC2)OCCc2sccc23)cc(OC)c1OCCCN. The summed E-state index contributed by atoms with van der Waals surface area (Å²) in [5, 5.41) is 2.15. The molecule has 0 aliphatic carbocycles. The third-order valence-electron chi connectivity index (χ3n) is 6.10. The maximum Gasteiger partial charge on any atom is 0.254 e. The zero-order chi connectivity index (χ0) is 21.8. The Hall–Kier alpha value is -2.29. The Morgan fingerprint density at radius 1 is 1.23 bits per heavy atom. The molecule has 2 aromatic rings. The second-order valence-electron chi connectivity index (χ2n) is 7.84. The molecule has 0 atom stereocenters. The number of rotatable bonds is 7. The molecule has 1 aromatic heterocycles. The molecule has 2 aliphatic heterocycles. The molecule has 4 rings (SSSR count). The van der Waals surface area contributed by atoms with Crippen molar-refractivity contribution in [3.63, 3.8) is 0 Å². The molecule has 1 saturated heterocycles. The van der Waals surface area contributed by atoms with Gasteiger partial charge in [-0.05, 0) is 54.9 Å². The van der Waals surface area contributed by atoms with Gasteiger partial charge in [0.15, 0.2) is 11.5 Å². The molecule has 0 unspecified atom stereocenters. The van der Waals surface area contributed by atoms with E-state index in [1.165, 1.54) is 10.4 Å². The monoisotopic (exact) mass is 446 g/mol. The fourth-order valence-corrected chi connectivity index (χ4v) is 5.38. The number of nitrogens with zero attached hydrogens (tertiary/aromatic N) is 1. The van der Waals surface area contributed by atoms with Crippen molar-refractivity contribution < 1.29 is 23.7 Å². The number of benzene rings is 1. The van der Waals surface area contributed by atoms with Crippen molar-refractivity contribution in [2.24, 2.45) is 5.73 Å². The van der Waals surface area contributed by atoms with E-state index in [-0.39, 0.29) is 11.5 Å². The third-order valence-corrected chi connectivity index (χ3v) is 7.09. The van der Waals surface area contributed by atoms with E-state index >= 15 is 0 Å². The second-order valence-corrected chi connectivity index (χ2v) is 8.84. The Kier molecular flexibility index (Phi) is 6.69. The average molecular weight is 447 g/mol. The summed E-state index contributed by atoms with van der Waals surface area (Å²) in [4.78, 5) is 16.6. The summed E-state index contributed by atoms with van der Waals surface area (Å²) >= 11 is 1.81. The van der Waals surface area contributed by atoms with Gasteiger partial charge in [-0.25, -0.2) is 0 Å². The van der Waals surface area contributed by atoms with E-state index in [2.05, 4.69) is 11.4 Å². The summed E-state index contributed by atoms with van der Waals surface area (Å²) in [5.41, 5.74) is 7.14. The molecule has 1 fully saturated rings. The van der Waals surface area contributed by atoms with E-state index in [4.69, 9.17) is 24.7 Å². The topological polar surface area (TPSA) is 83.2 Å². The van der Waals surface area contributed by atoms with Crippen LogP contribution in [0, 0.1) is 0 Å². The smallest absolute Gasteiger partial charge is 0.254 e. The lowest BCUT2D eigenvalue weighted by molar-refractivity contribution is -0.0926. The van der Waals surface area contributed by atoms with Gasteiger partial charge in [-0.3, -0.25) is 4.79 Å². The van der Waals surface area contributed by atoms with Crippen LogP contribution in [-0.4, -0.2) is 57.9 Å². The van der Waals surface area contributed by atoms with Crippen LogP contribution >= 0.6 is 11.3 Å². The third kappa shape index (κ3) is 4.24. The summed E-state index contributed by atoms with van der Waals surface area (Å²) in [6, 6.07) is 5.64. The van der Waals surface area contributed by atoms with Crippen molar-refractivity contribution in [3.8, 4) is 17.2 Å². The number of methoxy groups -OCH3 is 2. The van der Waals surface area contributed by atoms with Crippen LogP contribution in [0.2, 0.25) is 0 Å². The standard InChI is InChI=1S/C23H30N2O5S/c1-27-18-14-16(15-19(28-2)21(18)29-11-3-8-24)22(26)25-9-6-23(7-10-25)17-5-13-31-20(17)4-12-30-23/h5,13-15H,3-4,6-12,24H2,1-2H3. The molecule has 1 spiro atoms. The summed E-state index contributed by atoms with van der Waals surface area (Å²) < 4.78 is 23.0. The van der Waals surface area contributed by atoms with Gasteiger partial charge in [0.25, 0.3) is 5.91 Å². The number of hydrogen-bond acceptors (Lipinski definition) is 7. The van der Waals surface area contributed by atoms with Crippen LogP contribution < -0.4 is 19.9 Å². The van der Waals surface area contributed by atoms with E-state index < -0.39 is 0 Å². The summed E-state index contributed by atoms with van der Waals surface area (Å²) in [6.45, 7) is 3.03. The Morgan fingerprint density at radius 3 is 2.58 bits per heavy atom. The van der Waals surface area contributed by atoms with Gasteiger partial charge in [0.05, 0.1) is 33.0 Å². The maximum atomic E-state index is 13.3. The van der Waals surface area contributed by atoms with Crippen LogP contribution in [-0.2, 0) is 16.8 Å². The summed E-state index contributed by atoms with van der Waals surface area (Å²) in [7, 11) is 3.12. The first-order valence-electron chi connectivity index (χ1n) is 10.7. The number of likely N-dealkylation sites (tertiary alicyclic amines) is 1. The van der Waals surface area contributed by atoms with E-state index in [0.717, 1.165) is 32.3 Å². The Bertz CT molecular complexity index is 895. The average Bonchev–Trinajstić information content (AvgIpc) is 3.30. The number of thiophene rings is 1. The number of fused-ring (bicyclic) bond motifs is 2. The van der Waals surface area contributed by atoms with Gasteiger partial charge in [-0.15, -0.1) is 11.3 Å². The van der Waals surface area contributed by atoms with Crippen molar-refractivity contribution >= 4 is 17.2 Å². The fraction of sp³-hybridized carbons (Fsp3) is 0.522. The van der Waals surface area contributed by atoms with E-state index in [9.17, 15) is 4.79 Å². The number of amides is 1. The zero-order valence-corrected chi connectivity index (χ0v) is 19.0. The van der Waals surface area contributed by atoms with Crippen molar-refractivity contribution in [3.05, 3.63) is 39.6 Å². The van der Waals surface area contributed by atoms with Gasteiger partial charge in [0.2, 0.25) is 5.75 Å². The van der Waals surface area contributed by atoms with Crippen molar-refractivity contribution in [2.75, 3.05) is 47.1 Å². The van der Waals surface area contributed by atoms with Crippen LogP contribution in [0.15, 0.2) is 23.6 Å². The first-order chi connectivity index (χ1) is 15.1. The molecule has 8 heteroatoms. The zero-order valence-electron chi connectivity index (χ0n) is 18.1. The highest BCUT2D eigenvalue weighted by Gasteiger charge is 2.42. The number of ether oxygens (including phenoxy) is 4. The number of carbonyl (C=O) groups is 1. The van der Waals surface area contributed by atoms with Gasteiger partial charge < -0.3 is 29.6 Å². The van der Waals surface area contributed by atoms with Gasteiger partial charge >= 0.3 is 0 Å². The fourth-order valence-electron chi connectivity index (χ4n) is 4.43. The molecular weight excluding hydrogens is 416 g/mol. The first kappa shape index (κ1) is 21.9. The van der Waals surface area contributed by atoms with Crippen LogP contribution in [0.3, 0.4) is 0 Å². The quantitative estimate of drug-likeness (QED) is 0.658. The highest BCUT2D eigenvalue weighted by molar-refractivity contribution is 7.10.